The molecule has 2 aromatic rings. The Bertz CT molecular complexity index is 649. The summed E-state index contributed by atoms with van der Waals surface area (Å²) in [4.78, 5) is 11.1. The lowest BCUT2D eigenvalue weighted by Gasteiger charge is -2.11. The zero-order chi connectivity index (χ0) is 14.0. The first-order chi connectivity index (χ1) is 8.97. The van der Waals surface area contributed by atoms with Crippen LogP contribution in [0.4, 0.5) is 15.8 Å². The average Bonchev–Trinajstić information content (AvgIpc) is 2.32. The standard InChI is InChI=1S/C13H8BrFINO2/c14-10-6-8(16)2-4-11(10)17-12-5-7(15)1-3-9(12)13(18)19/h1-6,17H,(H,18,19). The number of nitrogens with one attached hydrogen (secondary N) is 1. The largest absolute Gasteiger partial charge is 0.478 e. The van der Waals surface area contributed by atoms with E-state index in [1.807, 2.05) is 12.1 Å². The van der Waals surface area contributed by atoms with Gasteiger partial charge in [0.05, 0.1) is 16.9 Å². The first-order valence-electron chi connectivity index (χ1n) is 5.22. The van der Waals surface area contributed by atoms with Gasteiger partial charge in [-0.15, -0.1) is 0 Å². The van der Waals surface area contributed by atoms with Crippen molar-refractivity contribution in [3.05, 3.63) is 55.8 Å². The molecule has 0 atom stereocenters. The molecule has 0 bridgehead atoms. The van der Waals surface area contributed by atoms with Crippen molar-refractivity contribution in [1.29, 1.82) is 0 Å². The molecule has 6 heteroatoms. The molecule has 2 rings (SSSR count). The van der Waals surface area contributed by atoms with E-state index in [0.717, 1.165) is 20.2 Å². The van der Waals surface area contributed by atoms with E-state index < -0.39 is 11.8 Å². The fraction of sp³-hybridized carbons (Fsp3) is 0. The zero-order valence-corrected chi connectivity index (χ0v) is 13.2. The van der Waals surface area contributed by atoms with Gasteiger partial charge < -0.3 is 10.4 Å². The molecule has 98 valence electrons. The van der Waals surface area contributed by atoms with E-state index in [2.05, 4.69) is 43.8 Å². The molecule has 0 aliphatic heterocycles. The molecule has 0 unspecified atom stereocenters. The first-order valence-corrected chi connectivity index (χ1v) is 7.09. The Morgan fingerprint density at radius 1 is 1.21 bits per heavy atom. The number of rotatable bonds is 3. The van der Waals surface area contributed by atoms with Gasteiger partial charge in [-0.2, -0.15) is 0 Å². The molecular weight excluding hydrogens is 428 g/mol. The normalized spacial score (nSPS) is 10.3. The summed E-state index contributed by atoms with van der Waals surface area (Å²) in [6.07, 6.45) is 0. The fourth-order valence-corrected chi connectivity index (χ4v) is 2.94. The SMILES string of the molecule is O=C(O)c1ccc(F)cc1Nc1ccc(I)cc1Br. The number of hydrogen-bond acceptors (Lipinski definition) is 2. The molecule has 2 aromatic carbocycles. The summed E-state index contributed by atoms with van der Waals surface area (Å²) in [5.41, 5.74) is 0.912. The minimum atomic E-state index is -1.11. The van der Waals surface area contributed by atoms with Gasteiger partial charge in [-0.25, -0.2) is 9.18 Å². The third-order valence-corrected chi connectivity index (χ3v) is 3.74. The van der Waals surface area contributed by atoms with Crippen molar-refractivity contribution in [3.8, 4) is 0 Å². The van der Waals surface area contributed by atoms with Gasteiger partial charge in [0.1, 0.15) is 5.82 Å². The maximum absolute atomic E-state index is 13.2. The number of halogens is 3. The van der Waals surface area contributed by atoms with Gasteiger partial charge in [-0.3, -0.25) is 0 Å². The average molecular weight is 436 g/mol. The Morgan fingerprint density at radius 2 is 1.95 bits per heavy atom. The molecule has 0 saturated carbocycles. The number of hydrogen-bond donors (Lipinski definition) is 2. The van der Waals surface area contributed by atoms with Crippen LogP contribution in [0.1, 0.15) is 10.4 Å². The van der Waals surface area contributed by atoms with Crippen molar-refractivity contribution in [2.75, 3.05) is 5.32 Å². The molecule has 0 fully saturated rings. The van der Waals surface area contributed by atoms with Crippen LogP contribution in [0.5, 0.6) is 0 Å². The van der Waals surface area contributed by atoms with Crippen molar-refractivity contribution in [3.63, 3.8) is 0 Å². The number of benzene rings is 2. The van der Waals surface area contributed by atoms with Gasteiger partial charge in [0.25, 0.3) is 0 Å². The topological polar surface area (TPSA) is 49.3 Å². The quantitative estimate of drug-likeness (QED) is 0.691. The monoisotopic (exact) mass is 435 g/mol. The third kappa shape index (κ3) is 3.44. The molecule has 2 N–H and O–H groups in total. The lowest BCUT2D eigenvalue weighted by molar-refractivity contribution is 0.0698. The van der Waals surface area contributed by atoms with E-state index in [1.165, 1.54) is 6.07 Å². The number of carboxylic acids is 1. The van der Waals surface area contributed by atoms with Crippen molar-refractivity contribution in [2.45, 2.75) is 0 Å². The minimum Gasteiger partial charge on any atom is -0.478 e. The van der Waals surface area contributed by atoms with Gasteiger partial charge in [0, 0.05) is 8.04 Å². The maximum Gasteiger partial charge on any atom is 0.337 e. The molecule has 0 saturated heterocycles. The summed E-state index contributed by atoms with van der Waals surface area (Å²) in [5.74, 6) is -1.60. The Balaban J connectivity index is 2.42. The van der Waals surface area contributed by atoms with E-state index in [4.69, 9.17) is 5.11 Å². The van der Waals surface area contributed by atoms with Crippen LogP contribution >= 0.6 is 38.5 Å². The molecular formula is C13H8BrFINO2. The minimum absolute atomic E-state index is 0.0202. The summed E-state index contributed by atoms with van der Waals surface area (Å²) in [6.45, 7) is 0. The highest BCUT2D eigenvalue weighted by atomic mass is 127. The van der Waals surface area contributed by atoms with Gasteiger partial charge in [-0.05, 0) is 74.9 Å². The molecule has 0 heterocycles. The summed E-state index contributed by atoms with van der Waals surface area (Å²) in [5, 5.41) is 12.0. The first kappa shape index (κ1) is 14.3. The van der Waals surface area contributed by atoms with E-state index in [0.29, 0.717) is 5.69 Å². The summed E-state index contributed by atoms with van der Waals surface area (Å²) in [7, 11) is 0. The number of carbonyl (C=O) groups is 1. The summed E-state index contributed by atoms with van der Waals surface area (Å²) < 4.78 is 15.0. The van der Waals surface area contributed by atoms with Crippen molar-refractivity contribution in [1.82, 2.24) is 0 Å². The maximum atomic E-state index is 13.2. The second-order valence-corrected chi connectivity index (χ2v) is 5.84. The highest BCUT2D eigenvalue weighted by Gasteiger charge is 2.12. The van der Waals surface area contributed by atoms with Crippen LogP contribution < -0.4 is 5.32 Å². The van der Waals surface area contributed by atoms with Crippen LogP contribution in [-0.2, 0) is 0 Å². The molecule has 0 amide bonds. The molecule has 19 heavy (non-hydrogen) atoms. The Labute approximate surface area is 131 Å². The lowest BCUT2D eigenvalue weighted by atomic mass is 10.1. The van der Waals surface area contributed by atoms with E-state index in [9.17, 15) is 9.18 Å². The Morgan fingerprint density at radius 3 is 2.58 bits per heavy atom. The lowest BCUT2D eigenvalue weighted by Crippen LogP contribution is -2.03. The van der Waals surface area contributed by atoms with Crippen LogP contribution in [-0.4, -0.2) is 11.1 Å². The molecule has 0 aliphatic carbocycles. The highest BCUT2D eigenvalue weighted by Crippen LogP contribution is 2.29. The van der Waals surface area contributed by atoms with E-state index in [-0.39, 0.29) is 11.3 Å². The predicted octanol–water partition coefficient (Wildman–Crippen LogP) is 4.63. The van der Waals surface area contributed by atoms with Crippen LogP contribution in [0.25, 0.3) is 0 Å². The highest BCUT2D eigenvalue weighted by molar-refractivity contribution is 14.1. The Kier molecular flexibility index (Phi) is 4.41. The molecule has 0 aromatic heterocycles. The molecule has 0 spiro atoms. The summed E-state index contributed by atoms with van der Waals surface area (Å²) >= 11 is 5.54. The van der Waals surface area contributed by atoms with Gasteiger partial charge in [0.15, 0.2) is 0 Å². The van der Waals surface area contributed by atoms with Gasteiger partial charge in [-0.1, -0.05) is 0 Å². The smallest absolute Gasteiger partial charge is 0.337 e. The number of aromatic carboxylic acids is 1. The third-order valence-electron chi connectivity index (χ3n) is 2.41. The fourth-order valence-electron chi connectivity index (χ4n) is 1.54. The van der Waals surface area contributed by atoms with Crippen molar-refractivity contribution < 1.29 is 14.3 Å². The van der Waals surface area contributed by atoms with Crippen molar-refractivity contribution in [2.24, 2.45) is 0 Å². The van der Waals surface area contributed by atoms with Crippen LogP contribution in [0.3, 0.4) is 0 Å². The van der Waals surface area contributed by atoms with Crippen LogP contribution in [0, 0.1) is 9.39 Å². The van der Waals surface area contributed by atoms with Crippen LogP contribution in [0.15, 0.2) is 40.9 Å². The van der Waals surface area contributed by atoms with Gasteiger partial charge in [0.2, 0.25) is 0 Å². The molecule has 0 radical (unpaired) electrons. The van der Waals surface area contributed by atoms with E-state index in [1.54, 1.807) is 6.07 Å². The zero-order valence-electron chi connectivity index (χ0n) is 9.45. The molecule has 3 nitrogen and oxygen atoms in total. The van der Waals surface area contributed by atoms with Crippen LogP contribution in [0.2, 0.25) is 0 Å². The summed E-state index contributed by atoms with van der Waals surface area (Å²) in [6, 6.07) is 9.06. The van der Waals surface area contributed by atoms with Gasteiger partial charge >= 0.3 is 5.97 Å². The molecule has 0 aliphatic rings. The Hall–Kier alpha value is -1.15. The predicted molar refractivity (Wildman–Crippen MR) is 83.5 cm³/mol. The van der Waals surface area contributed by atoms with E-state index >= 15 is 0 Å². The van der Waals surface area contributed by atoms with Crippen molar-refractivity contribution >= 4 is 55.9 Å². The second kappa shape index (κ2) is 5.87. The number of carboxylic acid groups (broad SMARTS) is 1. The number of anilines is 2. The second-order valence-electron chi connectivity index (χ2n) is 3.74.